The van der Waals surface area contributed by atoms with E-state index in [0.29, 0.717) is 17.7 Å². The van der Waals surface area contributed by atoms with Gasteiger partial charge < -0.3 is 9.64 Å². The van der Waals surface area contributed by atoms with Gasteiger partial charge in [0, 0.05) is 24.9 Å². The third-order valence-electron chi connectivity index (χ3n) is 4.50. The summed E-state index contributed by atoms with van der Waals surface area (Å²) in [6, 6.07) is 8.34. The van der Waals surface area contributed by atoms with Gasteiger partial charge in [-0.25, -0.2) is 0 Å². The molecule has 3 nitrogen and oxygen atoms in total. The Bertz CT molecular complexity index is 464. The highest BCUT2D eigenvalue weighted by atomic mass is 16.5. The Balaban J connectivity index is 1.71. The molecule has 0 radical (unpaired) electrons. The van der Waals surface area contributed by atoms with Gasteiger partial charge in [0.1, 0.15) is 5.75 Å². The van der Waals surface area contributed by atoms with E-state index in [1.54, 1.807) is 7.11 Å². The minimum atomic E-state index is 0.338. The third kappa shape index (κ3) is 2.97. The summed E-state index contributed by atoms with van der Waals surface area (Å²) in [5.74, 6) is 2.11. The fourth-order valence-electron chi connectivity index (χ4n) is 3.08. The highest BCUT2D eigenvalue weighted by Gasteiger charge is 2.34. The van der Waals surface area contributed by atoms with Crippen LogP contribution in [0.3, 0.4) is 0 Å². The molecule has 0 bridgehead atoms. The number of carbonyl (C=O) groups excluding carboxylic acids is 1. The number of amides is 1. The molecule has 20 heavy (non-hydrogen) atoms. The first kappa shape index (κ1) is 13.5. The van der Waals surface area contributed by atoms with Gasteiger partial charge in [0.2, 0.25) is 5.91 Å². The van der Waals surface area contributed by atoms with Crippen molar-refractivity contribution < 1.29 is 9.53 Å². The Labute approximate surface area is 120 Å². The van der Waals surface area contributed by atoms with Crippen LogP contribution in [0.25, 0.3) is 0 Å². The first-order chi connectivity index (χ1) is 9.78. The van der Waals surface area contributed by atoms with E-state index in [9.17, 15) is 4.79 Å². The summed E-state index contributed by atoms with van der Waals surface area (Å²) in [5, 5.41) is 0. The Kier molecular flexibility index (Phi) is 3.95. The fraction of sp³-hybridized carbons (Fsp3) is 0.588. The lowest BCUT2D eigenvalue weighted by atomic mass is 9.94. The van der Waals surface area contributed by atoms with E-state index >= 15 is 0 Å². The van der Waals surface area contributed by atoms with Crippen molar-refractivity contribution in [3.8, 4) is 5.75 Å². The van der Waals surface area contributed by atoms with Crippen LogP contribution in [-0.2, 0) is 4.79 Å². The monoisotopic (exact) mass is 273 g/mol. The second-order valence-electron chi connectivity index (χ2n) is 6.02. The van der Waals surface area contributed by atoms with Crippen molar-refractivity contribution in [2.75, 3.05) is 20.2 Å². The van der Waals surface area contributed by atoms with E-state index < -0.39 is 0 Å². The summed E-state index contributed by atoms with van der Waals surface area (Å²) >= 11 is 0. The van der Waals surface area contributed by atoms with Crippen LogP contribution < -0.4 is 4.74 Å². The Morgan fingerprint density at radius 2 is 1.90 bits per heavy atom. The maximum Gasteiger partial charge on any atom is 0.225 e. The zero-order valence-electron chi connectivity index (χ0n) is 12.2. The van der Waals surface area contributed by atoms with Crippen LogP contribution in [0.2, 0.25) is 0 Å². The van der Waals surface area contributed by atoms with E-state index in [-0.39, 0.29) is 0 Å². The predicted molar refractivity (Wildman–Crippen MR) is 78.9 cm³/mol. The molecule has 1 amide bonds. The van der Waals surface area contributed by atoms with Gasteiger partial charge in [-0.05, 0) is 43.4 Å². The van der Waals surface area contributed by atoms with Crippen LogP contribution in [0.15, 0.2) is 24.3 Å². The molecule has 1 aliphatic carbocycles. The minimum Gasteiger partial charge on any atom is -0.497 e. The Morgan fingerprint density at radius 1 is 1.15 bits per heavy atom. The highest BCUT2D eigenvalue weighted by Crippen LogP contribution is 2.34. The molecule has 2 aliphatic rings. The lowest BCUT2D eigenvalue weighted by Crippen LogP contribution is -2.35. The first-order valence-electron chi connectivity index (χ1n) is 7.70. The molecule has 0 aromatic heterocycles. The van der Waals surface area contributed by atoms with E-state index in [0.717, 1.165) is 38.1 Å². The number of hydrogen-bond donors (Lipinski definition) is 0. The molecule has 3 heteroatoms. The number of benzene rings is 1. The second-order valence-corrected chi connectivity index (χ2v) is 6.02. The van der Waals surface area contributed by atoms with Crippen LogP contribution in [0.5, 0.6) is 5.75 Å². The summed E-state index contributed by atoms with van der Waals surface area (Å²) in [4.78, 5) is 14.4. The number of methoxy groups -OCH3 is 1. The van der Waals surface area contributed by atoms with Gasteiger partial charge in [0.15, 0.2) is 0 Å². The van der Waals surface area contributed by atoms with E-state index in [2.05, 4.69) is 17.0 Å². The van der Waals surface area contributed by atoms with Gasteiger partial charge in [-0.15, -0.1) is 0 Å². The molecule has 0 N–H and O–H groups in total. The van der Waals surface area contributed by atoms with Crippen LogP contribution in [0.4, 0.5) is 0 Å². The summed E-state index contributed by atoms with van der Waals surface area (Å²) < 4.78 is 5.22. The molecule has 1 aliphatic heterocycles. The predicted octanol–water partition coefficient (Wildman–Crippen LogP) is 3.20. The van der Waals surface area contributed by atoms with E-state index in [1.165, 1.54) is 18.4 Å². The smallest absolute Gasteiger partial charge is 0.225 e. The maximum atomic E-state index is 12.3. The molecule has 1 saturated carbocycles. The van der Waals surface area contributed by atoms with Crippen LogP contribution >= 0.6 is 0 Å². The quantitative estimate of drug-likeness (QED) is 0.846. The molecule has 1 heterocycles. The number of nitrogens with zero attached hydrogens (tertiary/aromatic N) is 1. The number of rotatable bonds is 3. The second kappa shape index (κ2) is 5.86. The lowest BCUT2D eigenvalue weighted by molar-refractivity contribution is -0.132. The normalized spacial score (nSPS) is 23.2. The molecule has 1 aromatic rings. The van der Waals surface area contributed by atoms with Crippen molar-refractivity contribution in [3.05, 3.63) is 29.8 Å². The molecule has 108 valence electrons. The number of hydrogen-bond acceptors (Lipinski definition) is 2. The third-order valence-corrected chi connectivity index (χ3v) is 4.50. The highest BCUT2D eigenvalue weighted by molar-refractivity contribution is 5.81. The average Bonchev–Trinajstić information content (AvgIpc) is 3.33. The zero-order valence-corrected chi connectivity index (χ0v) is 12.2. The summed E-state index contributed by atoms with van der Waals surface area (Å²) in [5.41, 5.74) is 1.33. The van der Waals surface area contributed by atoms with Crippen molar-refractivity contribution in [2.24, 2.45) is 5.92 Å². The SMILES string of the molecule is COc1ccc([C@@H]2CCCCN(C(=O)C3CC3)C2)cc1. The topological polar surface area (TPSA) is 29.5 Å². The molecule has 3 rings (SSSR count). The molecule has 1 saturated heterocycles. The minimum absolute atomic E-state index is 0.338. The molecular weight excluding hydrogens is 250 g/mol. The van der Waals surface area contributed by atoms with Crippen molar-refractivity contribution in [1.82, 2.24) is 4.90 Å². The molecule has 0 unspecified atom stereocenters. The van der Waals surface area contributed by atoms with Gasteiger partial charge in [-0.1, -0.05) is 18.6 Å². The zero-order chi connectivity index (χ0) is 13.9. The fourth-order valence-corrected chi connectivity index (χ4v) is 3.08. The maximum absolute atomic E-state index is 12.3. The van der Waals surface area contributed by atoms with E-state index in [4.69, 9.17) is 4.74 Å². The standard InChI is InChI=1S/C17H23NO2/c1-20-16-9-7-13(8-10-16)15-4-2-3-11-18(12-15)17(19)14-5-6-14/h7-10,14-15H,2-6,11-12H2,1H3/t15-/m1/s1. The van der Waals surface area contributed by atoms with E-state index in [1.807, 2.05) is 12.1 Å². The number of ether oxygens (including phenoxy) is 1. The van der Waals surface area contributed by atoms with Crippen molar-refractivity contribution in [2.45, 2.75) is 38.0 Å². The molecule has 2 fully saturated rings. The lowest BCUT2D eigenvalue weighted by Gasteiger charge is -2.25. The van der Waals surface area contributed by atoms with Crippen molar-refractivity contribution in [1.29, 1.82) is 0 Å². The Morgan fingerprint density at radius 3 is 2.55 bits per heavy atom. The van der Waals surface area contributed by atoms with Crippen LogP contribution in [-0.4, -0.2) is 31.0 Å². The van der Waals surface area contributed by atoms with Crippen molar-refractivity contribution >= 4 is 5.91 Å². The number of likely N-dealkylation sites (tertiary alicyclic amines) is 1. The van der Waals surface area contributed by atoms with Gasteiger partial charge in [0.25, 0.3) is 0 Å². The average molecular weight is 273 g/mol. The van der Waals surface area contributed by atoms with Gasteiger partial charge >= 0.3 is 0 Å². The molecule has 1 atom stereocenters. The number of carbonyl (C=O) groups is 1. The Hall–Kier alpha value is -1.51. The van der Waals surface area contributed by atoms with Crippen molar-refractivity contribution in [3.63, 3.8) is 0 Å². The molecule has 1 aromatic carbocycles. The largest absolute Gasteiger partial charge is 0.497 e. The van der Waals surface area contributed by atoms with Gasteiger partial charge in [-0.2, -0.15) is 0 Å². The molecular formula is C17H23NO2. The summed E-state index contributed by atoms with van der Waals surface area (Å²) in [6.45, 7) is 1.84. The van der Waals surface area contributed by atoms with Crippen LogP contribution in [0, 0.1) is 5.92 Å². The summed E-state index contributed by atoms with van der Waals surface area (Å²) in [6.07, 6.45) is 5.74. The first-order valence-corrected chi connectivity index (χ1v) is 7.70. The van der Waals surface area contributed by atoms with Crippen LogP contribution in [0.1, 0.15) is 43.6 Å². The summed E-state index contributed by atoms with van der Waals surface area (Å²) in [7, 11) is 1.69. The van der Waals surface area contributed by atoms with Gasteiger partial charge in [0.05, 0.1) is 7.11 Å². The molecule has 0 spiro atoms. The van der Waals surface area contributed by atoms with Gasteiger partial charge in [-0.3, -0.25) is 4.79 Å².